The van der Waals surface area contributed by atoms with E-state index in [9.17, 15) is 27.4 Å². The van der Waals surface area contributed by atoms with Crippen molar-refractivity contribution in [2.75, 3.05) is 46.1 Å². The van der Waals surface area contributed by atoms with E-state index in [0.717, 1.165) is 11.3 Å². The topological polar surface area (TPSA) is 188 Å². The third-order valence-corrected chi connectivity index (χ3v) is 6.73. The van der Waals surface area contributed by atoms with Crippen molar-refractivity contribution in [3.05, 3.63) is 11.1 Å². The minimum Gasteiger partial charge on any atom is -0.398 e. The van der Waals surface area contributed by atoms with E-state index in [2.05, 4.69) is 20.3 Å². The molecule has 176 valence electrons. The number of anilines is 1. The third-order valence-electron chi connectivity index (χ3n) is 5.11. The van der Waals surface area contributed by atoms with Crippen molar-refractivity contribution in [3.63, 3.8) is 0 Å². The molecule has 0 aromatic carbocycles. The predicted octanol–water partition coefficient (Wildman–Crippen LogP) is -2.26. The van der Waals surface area contributed by atoms with E-state index in [0.29, 0.717) is 26.2 Å². The Balaban J connectivity index is 1.77. The zero-order valence-corrected chi connectivity index (χ0v) is 18.9. The number of amides is 3. The van der Waals surface area contributed by atoms with Gasteiger partial charge in [0.15, 0.2) is 10.8 Å². The number of thiazole rings is 1. The van der Waals surface area contributed by atoms with Crippen LogP contribution in [0, 0.1) is 0 Å². The van der Waals surface area contributed by atoms with Gasteiger partial charge in [-0.15, -0.1) is 11.3 Å². The molecule has 3 rings (SSSR count). The highest BCUT2D eigenvalue weighted by Gasteiger charge is 2.55. The largest absolute Gasteiger partial charge is 0.398 e. The summed E-state index contributed by atoms with van der Waals surface area (Å²) in [6.07, 6.45) is -0.402. The number of nitrogens with two attached hydrogens (primary N) is 1. The Morgan fingerprint density at radius 1 is 1.38 bits per heavy atom. The number of likely N-dealkylation sites (N-methyl/N-ethyl adjacent to an activating group) is 1. The number of nitrogens with zero attached hydrogens (tertiary/aromatic N) is 5. The molecule has 2 saturated heterocycles. The van der Waals surface area contributed by atoms with Crippen LogP contribution < -0.4 is 11.1 Å². The van der Waals surface area contributed by atoms with Crippen LogP contribution in [0.2, 0.25) is 0 Å². The van der Waals surface area contributed by atoms with Gasteiger partial charge in [0.1, 0.15) is 18.8 Å². The van der Waals surface area contributed by atoms with Gasteiger partial charge < -0.3 is 25.7 Å². The van der Waals surface area contributed by atoms with Crippen molar-refractivity contribution in [1.29, 1.82) is 0 Å². The SMILES string of the molecule is CO/N=C(\C(=O)N[C@@H]1C(=O)N(S(=O)(=O)O)[C@H]1CC(=O)N1CCN(C)CC1)c1csc(N)n1. The second kappa shape index (κ2) is 9.35. The molecule has 2 atom stereocenters. The predicted molar refractivity (Wildman–Crippen MR) is 113 cm³/mol. The second-order valence-electron chi connectivity index (χ2n) is 7.21. The number of nitrogen functional groups attached to an aromatic ring is 1. The Morgan fingerprint density at radius 3 is 2.56 bits per heavy atom. The molecule has 0 unspecified atom stereocenters. The molecule has 0 radical (unpaired) electrons. The van der Waals surface area contributed by atoms with E-state index < -0.39 is 46.5 Å². The fourth-order valence-corrected chi connectivity index (χ4v) is 4.85. The van der Waals surface area contributed by atoms with Crippen LogP contribution in [-0.2, 0) is 29.5 Å². The van der Waals surface area contributed by atoms with Crippen LogP contribution in [0.3, 0.4) is 0 Å². The lowest BCUT2D eigenvalue weighted by molar-refractivity contribution is -0.148. The van der Waals surface area contributed by atoms with Gasteiger partial charge in [-0.2, -0.15) is 8.42 Å². The summed E-state index contributed by atoms with van der Waals surface area (Å²) in [5.74, 6) is -2.37. The lowest BCUT2D eigenvalue weighted by Gasteiger charge is -2.44. The monoisotopic (exact) mass is 489 g/mol. The summed E-state index contributed by atoms with van der Waals surface area (Å²) in [6.45, 7) is 2.17. The maximum absolute atomic E-state index is 12.7. The minimum absolute atomic E-state index is 0.0929. The molecule has 1 aromatic heterocycles. The van der Waals surface area contributed by atoms with Gasteiger partial charge in [0.05, 0.1) is 12.5 Å². The Morgan fingerprint density at radius 2 is 2.03 bits per heavy atom. The molecule has 0 spiro atoms. The van der Waals surface area contributed by atoms with Crippen LogP contribution in [0.1, 0.15) is 12.1 Å². The number of aromatic nitrogens is 1. The molecule has 4 N–H and O–H groups in total. The summed E-state index contributed by atoms with van der Waals surface area (Å²) >= 11 is 1.05. The molecule has 0 bridgehead atoms. The maximum atomic E-state index is 12.7. The fourth-order valence-electron chi connectivity index (χ4n) is 3.43. The Bertz CT molecular complexity index is 1030. The Labute approximate surface area is 187 Å². The van der Waals surface area contributed by atoms with E-state index >= 15 is 0 Å². The molecular weight excluding hydrogens is 466 g/mol. The summed E-state index contributed by atoms with van der Waals surface area (Å²) in [5.41, 5.74) is 5.38. The number of hydrogen-bond donors (Lipinski definition) is 3. The van der Waals surface area contributed by atoms with Crippen LogP contribution in [0.4, 0.5) is 5.13 Å². The van der Waals surface area contributed by atoms with Gasteiger partial charge in [-0.05, 0) is 7.05 Å². The molecule has 1 aromatic rings. The average molecular weight is 490 g/mol. The normalized spacial score (nSPS) is 22.5. The smallest absolute Gasteiger partial charge is 0.362 e. The number of hydrogen-bond acceptors (Lipinski definition) is 11. The standard InChI is InChI=1S/C16H23N7O7S2/c1-21-3-5-22(6-4-21)11(24)7-10-13(15(26)23(10)32(27,28)29)19-14(25)12(20-30-2)9-8-31-16(17)18-9/h8,10,13H,3-7H2,1-2H3,(H2,17,18)(H,19,25)(H,27,28,29)/b20-12-/t10-,13-/m0/s1. The molecule has 2 fully saturated rings. The molecule has 2 aliphatic heterocycles. The van der Waals surface area contributed by atoms with Crippen molar-refractivity contribution in [3.8, 4) is 0 Å². The minimum atomic E-state index is -4.93. The fraction of sp³-hybridized carbons (Fsp3) is 0.562. The first-order valence-corrected chi connectivity index (χ1v) is 11.7. The molecular formula is C16H23N7O7S2. The van der Waals surface area contributed by atoms with E-state index in [1.54, 1.807) is 4.90 Å². The lowest BCUT2D eigenvalue weighted by atomic mass is 9.94. The molecule has 0 aliphatic carbocycles. The number of oxime groups is 1. The lowest BCUT2D eigenvalue weighted by Crippen LogP contribution is -2.73. The molecule has 0 saturated carbocycles. The molecule has 2 aliphatic rings. The van der Waals surface area contributed by atoms with Crippen LogP contribution >= 0.6 is 11.3 Å². The number of β-lactam (4-membered cyclic amide) rings is 1. The summed E-state index contributed by atoms with van der Waals surface area (Å²) in [7, 11) is -1.81. The van der Waals surface area contributed by atoms with Crippen LogP contribution in [0.25, 0.3) is 0 Å². The van der Waals surface area contributed by atoms with E-state index in [1.165, 1.54) is 12.5 Å². The van der Waals surface area contributed by atoms with E-state index in [4.69, 9.17) is 5.73 Å². The van der Waals surface area contributed by atoms with Gasteiger partial charge in [-0.1, -0.05) is 5.16 Å². The van der Waals surface area contributed by atoms with Crippen molar-refractivity contribution in [2.24, 2.45) is 5.16 Å². The summed E-state index contributed by atoms with van der Waals surface area (Å²) in [6, 6.07) is -2.67. The van der Waals surface area contributed by atoms with Crippen LogP contribution in [0.15, 0.2) is 10.5 Å². The summed E-state index contributed by atoms with van der Waals surface area (Å²) < 4.78 is 33.0. The van der Waals surface area contributed by atoms with Crippen LogP contribution in [-0.4, -0.2) is 108 Å². The van der Waals surface area contributed by atoms with E-state index in [-0.39, 0.29) is 20.8 Å². The highest BCUT2D eigenvalue weighted by atomic mass is 32.2. The van der Waals surface area contributed by atoms with E-state index in [1.807, 2.05) is 11.9 Å². The van der Waals surface area contributed by atoms with Gasteiger partial charge in [-0.3, -0.25) is 18.9 Å². The maximum Gasteiger partial charge on any atom is 0.362 e. The van der Waals surface area contributed by atoms with Crippen molar-refractivity contribution < 1.29 is 32.2 Å². The number of carbonyl (C=O) groups is 3. The van der Waals surface area contributed by atoms with Gasteiger partial charge in [-0.25, -0.2) is 9.29 Å². The van der Waals surface area contributed by atoms with Gasteiger partial charge in [0.2, 0.25) is 5.91 Å². The highest BCUT2D eigenvalue weighted by molar-refractivity contribution is 7.84. The molecule has 14 nitrogen and oxygen atoms in total. The van der Waals surface area contributed by atoms with Crippen molar-refractivity contribution >= 4 is 50.2 Å². The number of rotatable bonds is 7. The zero-order chi connectivity index (χ0) is 23.6. The van der Waals surface area contributed by atoms with Gasteiger partial charge >= 0.3 is 10.3 Å². The first-order valence-electron chi connectivity index (χ1n) is 9.43. The first-order chi connectivity index (χ1) is 15.0. The quantitative estimate of drug-likeness (QED) is 0.163. The highest BCUT2D eigenvalue weighted by Crippen LogP contribution is 2.27. The Kier molecular flexibility index (Phi) is 6.97. The number of carbonyl (C=O) groups excluding carboxylic acids is 3. The molecule has 3 heterocycles. The summed E-state index contributed by atoms with van der Waals surface area (Å²) in [4.78, 5) is 50.0. The zero-order valence-electron chi connectivity index (χ0n) is 17.3. The van der Waals surface area contributed by atoms with Crippen LogP contribution in [0.5, 0.6) is 0 Å². The number of nitrogens with one attached hydrogen (secondary N) is 1. The molecule has 3 amide bonds. The van der Waals surface area contributed by atoms with Crippen molar-refractivity contribution in [1.82, 2.24) is 24.4 Å². The van der Waals surface area contributed by atoms with Gasteiger partial charge in [0.25, 0.3) is 11.8 Å². The Hall–Kier alpha value is -2.82. The second-order valence-corrected chi connectivity index (χ2v) is 9.39. The molecule has 16 heteroatoms. The van der Waals surface area contributed by atoms with Gasteiger partial charge in [0, 0.05) is 31.6 Å². The third kappa shape index (κ3) is 4.98. The molecule has 32 heavy (non-hydrogen) atoms. The number of piperazine rings is 1. The first kappa shape index (κ1) is 23.8. The average Bonchev–Trinajstić information content (AvgIpc) is 3.14. The van der Waals surface area contributed by atoms with Crippen molar-refractivity contribution in [2.45, 2.75) is 18.5 Å². The summed E-state index contributed by atoms with van der Waals surface area (Å²) in [5, 5.41) is 7.58.